The number of benzene rings is 5. The van der Waals surface area contributed by atoms with Crippen LogP contribution in [-0.4, -0.2) is 9.55 Å². The molecule has 0 N–H and O–H groups in total. The Balaban J connectivity index is 1.19. The number of hydrogen-bond acceptors (Lipinski definition) is 1. The van der Waals surface area contributed by atoms with Gasteiger partial charge in [0.25, 0.3) is 0 Å². The molecule has 0 bridgehead atoms. The van der Waals surface area contributed by atoms with Crippen LogP contribution >= 0.6 is 0 Å². The molecule has 2 heterocycles. The highest BCUT2D eigenvalue weighted by Gasteiger charge is 2.37. The molecular formula is C41H32N2. The Hall–Kier alpha value is -4.95. The van der Waals surface area contributed by atoms with Crippen LogP contribution in [0.5, 0.6) is 0 Å². The summed E-state index contributed by atoms with van der Waals surface area (Å²) in [5, 5.41) is 2.53. The van der Waals surface area contributed by atoms with E-state index in [0.29, 0.717) is 0 Å². The normalized spacial score (nSPS) is 15.3. The molecular weight excluding hydrogens is 520 g/mol. The van der Waals surface area contributed by atoms with Crippen molar-refractivity contribution < 1.29 is 0 Å². The minimum atomic E-state index is -0.0561. The molecule has 43 heavy (non-hydrogen) atoms. The lowest BCUT2D eigenvalue weighted by Crippen LogP contribution is -2.15. The highest BCUT2D eigenvalue weighted by atomic mass is 15.1. The Morgan fingerprint density at radius 3 is 1.79 bits per heavy atom. The summed E-state index contributed by atoms with van der Waals surface area (Å²) in [7, 11) is 0. The van der Waals surface area contributed by atoms with Gasteiger partial charge in [-0.15, -0.1) is 0 Å². The largest absolute Gasteiger partial charge is 0.294 e. The van der Waals surface area contributed by atoms with Crippen molar-refractivity contribution in [3.05, 3.63) is 144 Å². The van der Waals surface area contributed by atoms with E-state index in [1.165, 1.54) is 71.9 Å². The van der Waals surface area contributed by atoms with Crippen LogP contribution in [0.15, 0.2) is 121 Å². The predicted molar refractivity (Wildman–Crippen MR) is 179 cm³/mol. The maximum absolute atomic E-state index is 5.10. The van der Waals surface area contributed by atoms with E-state index >= 15 is 0 Å². The predicted octanol–water partition coefficient (Wildman–Crippen LogP) is 10.5. The summed E-state index contributed by atoms with van der Waals surface area (Å²) in [4.78, 5) is 5.10. The fraction of sp³-hybridized carbons (Fsp3) is 0.146. The van der Waals surface area contributed by atoms with E-state index in [1.54, 1.807) is 0 Å². The molecule has 0 fully saturated rings. The van der Waals surface area contributed by atoms with Crippen molar-refractivity contribution >= 4 is 21.8 Å². The van der Waals surface area contributed by atoms with Crippen molar-refractivity contribution in [1.82, 2.24) is 9.55 Å². The van der Waals surface area contributed by atoms with Crippen molar-refractivity contribution in [2.45, 2.75) is 38.5 Å². The first-order valence-electron chi connectivity index (χ1n) is 15.2. The minimum absolute atomic E-state index is 0.0131. The number of para-hydroxylation sites is 1. The van der Waals surface area contributed by atoms with Crippen LogP contribution in [0.1, 0.15) is 49.9 Å². The second kappa shape index (κ2) is 8.33. The lowest BCUT2D eigenvalue weighted by atomic mass is 9.82. The molecule has 0 atom stereocenters. The summed E-state index contributed by atoms with van der Waals surface area (Å²) >= 11 is 0. The van der Waals surface area contributed by atoms with E-state index in [4.69, 9.17) is 4.98 Å². The van der Waals surface area contributed by atoms with Gasteiger partial charge in [0.1, 0.15) is 5.82 Å². The van der Waals surface area contributed by atoms with E-state index in [9.17, 15) is 0 Å². The first-order chi connectivity index (χ1) is 20.8. The SMILES string of the molecule is CC1(C)c2ccccc2-c2cc(-c3ccc(-n4c5ccccc5c5cc6c(cc54)C(C)(C)c4ccccc4-6)nc3)ccc21. The highest BCUT2D eigenvalue weighted by Crippen LogP contribution is 2.51. The van der Waals surface area contributed by atoms with Gasteiger partial charge in [-0.25, -0.2) is 4.98 Å². The van der Waals surface area contributed by atoms with Gasteiger partial charge in [-0.3, -0.25) is 4.57 Å². The van der Waals surface area contributed by atoms with Gasteiger partial charge in [-0.1, -0.05) is 107 Å². The average Bonchev–Trinajstić information content (AvgIpc) is 3.57. The molecule has 2 aromatic heterocycles. The Bertz CT molecular complexity index is 2280. The van der Waals surface area contributed by atoms with Crippen LogP contribution < -0.4 is 0 Å². The molecule has 0 aliphatic heterocycles. The summed E-state index contributed by atoms with van der Waals surface area (Å²) in [5.74, 6) is 0.941. The maximum atomic E-state index is 5.10. The van der Waals surface area contributed by atoms with E-state index in [0.717, 1.165) is 11.4 Å². The quantitative estimate of drug-likeness (QED) is 0.209. The van der Waals surface area contributed by atoms with E-state index in [-0.39, 0.29) is 10.8 Å². The number of pyridine rings is 1. The monoisotopic (exact) mass is 552 g/mol. The van der Waals surface area contributed by atoms with Crippen LogP contribution in [0, 0.1) is 0 Å². The third-order valence-electron chi connectivity index (χ3n) is 10.3. The number of nitrogens with zero attached hydrogens (tertiary/aromatic N) is 2. The van der Waals surface area contributed by atoms with Gasteiger partial charge in [0.2, 0.25) is 0 Å². The van der Waals surface area contributed by atoms with Crippen molar-refractivity contribution in [2.24, 2.45) is 0 Å². The molecule has 0 radical (unpaired) electrons. The topological polar surface area (TPSA) is 17.8 Å². The average molecular weight is 553 g/mol. The van der Waals surface area contributed by atoms with Gasteiger partial charge in [0.05, 0.1) is 11.0 Å². The molecule has 206 valence electrons. The van der Waals surface area contributed by atoms with Crippen LogP contribution in [0.25, 0.3) is 61.0 Å². The maximum Gasteiger partial charge on any atom is 0.137 e. The van der Waals surface area contributed by atoms with Crippen LogP contribution in [-0.2, 0) is 10.8 Å². The molecule has 2 heteroatoms. The van der Waals surface area contributed by atoms with Gasteiger partial charge in [0, 0.05) is 33.4 Å². The molecule has 5 aromatic carbocycles. The van der Waals surface area contributed by atoms with Crippen LogP contribution in [0.3, 0.4) is 0 Å². The zero-order valence-electron chi connectivity index (χ0n) is 24.9. The van der Waals surface area contributed by atoms with E-state index < -0.39 is 0 Å². The molecule has 2 nitrogen and oxygen atoms in total. The summed E-state index contributed by atoms with van der Waals surface area (Å²) in [6.07, 6.45) is 2.04. The molecule has 0 amide bonds. The standard InChI is InChI=1S/C41H32N2/c1-40(2)33-14-8-5-11-27(33)30-21-25(17-19-35(30)40)26-18-20-39(42-24-26)43-37-16-10-7-13-29(37)32-22-31-28-12-6-9-15-34(28)41(3,4)36(31)23-38(32)43/h5-24H,1-4H3. The molecule has 0 unspecified atom stereocenters. The van der Waals surface area contributed by atoms with Gasteiger partial charge in [0.15, 0.2) is 0 Å². The molecule has 0 spiro atoms. The first-order valence-corrected chi connectivity index (χ1v) is 15.2. The molecule has 0 saturated heterocycles. The van der Waals surface area contributed by atoms with E-state index in [2.05, 4.69) is 148 Å². The lowest BCUT2D eigenvalue weighted by Gasteiger charge is -2.21. The Labute approximate surface area is 252 Å². The smallest absolute Gasteiger partial charge is 0.137 e. The summed E-state index contributed by atoms with van der Waals surface area (Å²) < 4.78 is 2.34. The van der Waals surface area contributed by atoms with Crippen molar-refractivity contribution in [3.63, 3.8) is 0 Å². The lowest BCUT2D eigenvalue weighted by molar-refractivity contribution is 0.660. The second-order valence-corrected chi connectivity index (χ2v) is 13.3. The van der Waals surface area contributed by atoms with Crippen LogP contribution in [0.2, 0.25) is 0 Å². The number of hydrogen-bond donors (Lipinski definition) is 0. The molecule has 0 saturated carbocycles. The minimum Gasteiger partial charge on any atom is -0.294 e. The van der Waals surface area contributed by atoms with Crippen molar-refractivity contribution in [3.8, 4) is 39.2 Å². The van der Waals surface area contributed by atoms with Gasteiger partial charge < -0.3 is 0 Å². The fourth-order valence-corrected chi connectivity index (χ4v) is 8.00. The fourth-order valence-electron chi connectivity index (χ4n) is 8.00. The van der Waals surface area contributed by atoms with Gasteiger partial charge >= 0.3 is 0 Å². The summed E-state index contributed by atoms with van der Waals surface area (Å²) in [6.45, 7) is 9.35. The zero-order valence-corrected chi connectivity index (χ0v) is 24.9. The molecule has 7 aromatic rings. The zero-order chi connectivity index (χ0) is 29.1. The van der Waals surface area contributed by atoms with Gasteiger partial charge in [-0.2, -0.15) is 0 Å². The molecule has 2 aliphatic rings. The summed E-state index contributed by atoms with van der Waals surface area (Å²) in [5.41, 5.74) is 15.6. The third kappa shape index (κ3) is 3.21. The first kappa shape index (κ1) is 24.6. The number of fused-ring (bicyclic) bond motifs is 9. The molecule has 2 aliphatic carbocycles. The third-order valence-corrected chi connectivity index (χ3v) is 10.3. The second-order valence-electron chi connectivity index (χ2n) is 13.3. The van der Waals surface area contributed by atoms with Crippen molar-refractivity contribution in [1.29, 1.82) is 0 Å². The number of aromatic nitrogens is 2. The van der Waals surface area contributed by atoms with E-state index in [1.807, 2.05) is 6.20 Å². The Morgan fingerprint density at radius 2 is 1.07 bits per heavy atom. The van der Waals surface area contributed by atoms with Crippen molar-refractivity contribution in [2.75, 3.05) is 0 Å². The highest BCUT2D eigenvalue weighted by molar-refractivity contribution is 6.11. The molecule has 9 rings (SSSR count). The Kier molecular flexibility index (Phi) is 4.77. The Morgan fingerprint density at radius 1 is 0.465 bits per heavy atom. The van der Waals surface area contributed by atoms with Crippen LogP contribution in [0.4, 0.5) is 0 Å². The van der Waals surface area contributed by atoms with Gasteiger partial charge in [-0.05, 0) is 86.5 Å². The number of rotatable bonds is 2. The summed E-state index contributed by atoms with van der Waals surface area (Å²) in [6, 6.07) is 42.6.